The largest absolute Gasteiger partial charge is 0.342 e. The molecular formula is C28H30FN5OS. The maximum atomic E-state index is 13.2. The van der Waals surface area contributed by atoms with E-state index in [4.69, 9.17) is 0 Å². The van der Waals surface area contributed by atoms with Crippen LogP contribution in [0, 0.1) is 5.82 Å². The van der Waals surface area contributed by atoms with Gasteiger partial charge in [-0.05, 0) is 73.4 Å². The number of rotatable bonds is 9. The molecule has 0 radical (unpaired) electrons. The summed E-state index contributed by atoms with van der Waals surface area (Å²) in [5, 5.41) is 0. The van der Waals surface area contributed by atoms with Gasteiger partial charge in [0, 0.05) is 54.3 Å². The summed E-state index contributed by atoms with van der Waals surface area (Å²) in [6, 6.07) is 20.9. The van der Waals surface area contributed by atoms with Crippen LogP contribution in [0.15, 0.2) is 84.0 Å². The van der Waals surface area contributed by atoms with Crippen LogP contribution in [0.2, 0.25) is 0 Å². The number of aromatic nitrogens is 2. The molecular weight excluding hydrogens is 473 g/mol. The van der Waals surface area contributed by atoms with Crippen molar-refractivity contribution in [2.24, 2.45) is 0 Å². The van der Waals surface area contributed by atoms with E-state index in [1.54, 1.807) is 16.7 Å². The molecule has 2 aromatic carbocycles. The van der Waals surface area contributed by atoms with E-state index in [0.717, 1.165) is 46.8 Å². The maximum absolute atomic E-state index is 13.2. The SMILES string of the molecule is CN(CCCC1CC(c2ccc(F)cc2)NN1)C(=O)c1ccc(SCc2cn3ccccc3n2)cc1. The molecule has 0 spiro atoms. The van der Waals surface area contributed by atoms with E-state index >= 15 is 0 Å². The normalized spacial score (nSPS) is 17.5. The van der Waals surface area contributed by atoms with Gasteiger partial charge in [-0.25, -0.2) is 9.37 Å². The molecule has 0 bridgehead atoms. The van der Waals surface area contributed by atoms with Gasteiger partial charge >= 0.3 is 0 Å². The van der Waals surface area contributed by atoms with Crippen LogP contribution in [0.4, 0.5) is 4.39 Å². The van der Waals surface area contributed by atoms with E-state index in [1.807, 2.05) is 72.2 Å². The third-order valence-electron chi connectivity index (χ3n) is 6.55. The van der Waals surface area contributed by atoms with Gasteiger partial charge in [-0.3, -0.25) is 15.6 Å². The number of pyridine rings is 1. The van der Waals surface area contributed by atoms with Crippen molar-refractivity contribution < 1.29 is 9.18 Å². The van der Waals surface area contributed by atoms with Crippen molar-refractivity contribution in [3.8, 4) is 0 Å². The quantitative estimate of drug-likeness (QED) is 0.307. The van der Waals surface area contributed by atoms with E-state index in [2.05, 4.69) is 22.0 Å². The number of thioether (sulfide) groups is 1. The molecule has 8 heteroatoms. The topological polar surface area (TPSA) is 61.7 Å². The number of nitrogens with zero attached hydrogens (tertiary/aromatic N) is 3. The van der Waals surface area contributed by atoms with E-state index < -0.39 is 0 Å². The van der Waals surface area contributed by atoms with Crippen LogP contribution in [0.1, 0.15) is 46.9 Å². The summed E-state index contributed by atoms with van der Waals surface area (Å²) in [6.07, 6.45) is 6.86. The lowest BCUT2D eigenvalue weighted by Crippen LogP contribution is -2.32. The Morgan fingerprint density at radius 2 is 1.92 bits per heavy atom. The number of hydrogen-bond acceptors (Lipinski definition) is 5. The van der Waals surface area contributed by atoms with Crippen LogP contribution < -0.4 is 10.9 Å². The molecule has 3 heterocycles. The van der Waals surface area contributed by atoms with Gasteiger partial charge in [0.25, 0.3) is 5.91 Å². The Hall–Kier alpha value is -3.20. The van der Waals surface area contributed by atoms with Gasteiger partial charge in [-0.2, -0.15) is 0 Å². The molecule has 1 saturated heterocycles. The Labute approximate surface area is 214 Å². The minimum atomic E-state index is -0.217. The fourth-order valence-corrected chi connectivity index (χ4v) is 5.31. The van der Waals surface area contributed by atoms with Crippen molar-refractivity contribution in [2.75, 3.05) is 13.6 Å². The second-order valence-electron chi connectivity index (χ2n) is 9.21. The molecule has 0 saturated carbocycles. The molecule has 186 valence electrons. The lowest BCUT2D eigenvalue weighted by Gasteiger charge is -2.18. The molecule has 0 aliphatic carbocycles. The van der Waals surface area contributed by atoms with Gasteiger partial charge in [-0.1, -0.05) is 18.2 Å². The number of hydrazine groups is 1. The van der Waals surface area contributed by atoms with E-state index in [9.17, 15) is 9.18 Å². The first-order chi connectivity index (χ1) is 17.5. The van der Waals surface area contributed by atoms with Crippen LogP contribution >= 0.6 is 11.8 Å². The summed E-state index contributed by atoms with van der Waals surface area (Å²) in [6.45, 7) is 0.697. The van der Waals surface area contributed by atoms with Gasteiger partial charge in [0.15, 0.2) is 0 Å². The van der Waals surface area contributed by atoms with Crippen LogP contribution in [-0.4, -0.2) is 39.8 Å². The highest BCUT2D eigenvalue weighted by Gasteiger charge is 2.24. The molecule has 1 fully saturated rings. The second kappa shape index (κ2) is 11.2. The summed E-state index contributed by atoms with van der Waals surface area (Å²) >= 11 is 1.71. The van der Waals surface area contributed by atoms with Crippen molar-refractivity contribution in [1.29, 1.82) is 0 Å². The Bertz CT molecular complexity index is 1270. The van der Waals surface area contributed by atoms with Crippen molar-refractivity contribution in [3.63, 3.8) is 0 Å². The molecule has 2 aromatic heterocycles. The van der Waals surface area contributed by atoms with Gasteiger partial charge in [-0.15, -0.1) is 11.8 Å². The third-order valence-corrected chi connectivity index (χ3v) is 7.59. The Kier molecular flexibility index (Phi) is 7.65. The molecule has 1 aliphatic rings. The van der Waals surface area contributed by atoms with Crippen LogP contribution in [0.3, 0.4) is 0 Å². The number of benzene rings is 2. The fraction of sp³-hybridized carbons (Fsp3) is 0.286. The minimum Gasteiger partial charge on any atom is -0.342 e. The summed E-state index contributed by atoms with van der Waals surface area (Å²) < 4.78 is 15.2. The molecule has 36 heavy (non-hydrogen) atoms. The lowest BCUT2D eigenvalue weighted by atomic mass is 9.99. The maximum Gasteiger partial charge on any atom is 0.253 e. The van der Waals surface area contributed by atoms with Crippen molar-refractivity contribution in [3.05, 3.63) is 102 Å². The van der Waals surface area contributed by atoms with Crippen LogP contribution in [-0.2, 0) is 5.75 Å². The van der Waals surface area contributed by atoms with E-state index in [0.29, 0.717) is 18.2 Å². The highest BCUT2D eigenvalue weighted by Crippen LogP contribution is 2.25. The highest BCUT2D eigenvalue weighted by molar-refractivity contribution is 7.98. The molecule has 1 aliphatic heterocycles. The fourth-order valence-electron chi connectivity index (χ4n) is 4.53. The molecule has 2 N–H and O–H groups in total. The van der Waals surface area contributed by atoms with Gasteiger partial charge in [0.05, 0.1) is 5.69 Å². The Balaban J connectivity index is 1.05. The molecule has 4 aromatic rings. The monoisotopic (exact) mass is 503 g/mol. The molecule has 2 atom stereocenters. The summed E-state index contributed by atoms with van der Waals surface area (Å²) in [4.78, 5) is 20.4. The number of amides is 1. The first-order valence-electron chi connectivity index (χ1n) is 12.2. The molecule has 5 rings (SSSR count). The third kappa shape index (κ3) is 5.95. The molecule has 6 nitrogen and oxygen atoms in total. The second-order valence-corrected chi connectivity index (χ2v) is 10.3. The van der Waals surface area contributed by atoms with Crippen molar-refractivity contribution in [2.45, 2.75) is 42.0 Å². The number of fused-ring (bicyclic) bond motifs is 1. The summed E-state index contributed by atoms with van der Waals surface area (Å²) in [5.74, 6) is 0.597. The van der Waals surface area contributed by atoms with E-state index in [-0.39, 0.29) is 17.8 Å². The zero-order valence-corrected chi connectivity index (χ0v) is 21.0. The first kappa shape index (κ1) is 24.5. The Morgan fingerprint density at radius 1 is 1.11 bits per heavy atom. The average molecular weight is 504 g/mol. The zero-order valence-electron chi connectivity index (χ0n) is 20.2. The Morgan fingerprint density at radius 3 is 2.69 bits per heavy atom. The van der Waals surface area contributed by atoms with Crippen molar-refractivity contribution >= 4 is 23.3 Å². The predicted octanol–water partition coefficient (Wildman–Crippen LogP) is 5.23. The highest BCUT2D eigenvalue weighted by atomic mass is 32.2. The lowest BCUT2D eigenvalue weighted by molar-refractivity contribution is 0.0791. The standard InChI is InChI=1S/C28H30FN5OS/c1-33(15-4-5-23-17-26(32-31-23)20-7-11-22(29)12-8-20)28(35)21-9-13-25(14-10-21)36-19-24-18-34-16-3-2-6-27(34)30-24/h2-3,6-14,16,18,23,26,31-32H,4-5,15,17,19H2,1H3. The van der Waals surface area contributed by atoms with Crippen molar-refractivity contribution in [1.82, 2.24) is 25.1 Å². The van der Waals surface area contributed by atoms with Gasteiger partial charge in [0.1, 0.15) is 11.5 Å². The number of carbonyl (C=O) groups is 1. The van der Waals surface area contributed by atoms with Crippen LogP contribution in [0.25, 0.3) is 5.65 Å². The molecule has 1 amide bonds. The number of nitrogens with one attached hydrogen (secondary N) is 2. The van der Waals surface area contributed by atoms with Gasteiger partial charge < -0.3 is 9.30 Å². The van der Waals surface area contributed by atoms with Crippen LogP contribution in [0.5, 0.6) is 0 Å². The summed E-state index contributed by atoms with van der Waals surface area (Å²) in [5.41, 5.74) is 10.4. The van der Waals surface area contributed by atoms with Gasteiger partial charge in [0.2, 0.25) is 0 Å². The summed E-state index contributed by atoms with van der Waals surface area (Å²) in [7, 11) is 1.86. The number of hydrogen-bond donors (Lipinski definition) is 2. The minimum absolute atomic E-state index is 0.0357. The predicted molar refractivity (Wildman–Crippen MR) is 141 cm³/mol. The molecule has 2 unspecified atom stereocenters. The first-order valence-corrected chi connectivity index (χ1v) is 13.2. The number of imidazole rings is 1. The smallest absolute Gasteiger partial charge is 0.253 e. The number of halogens is 1. The van der Waals surface area contributed by atoms with E-state index in [1.165, 1.54) is 12.1 Å². The number of carbonyl (C=O) groups excluding carboxylic acids is 1. The average Bonchev–Trinajstić information content (AvgIpc) is 3.55. The zero-order chi connectivity index (χ0) is 24.9.